The highest BCUT2D eigenvalue weighted by molar-refractivity contribution is 5.88. The maximum atomic E-state index is 13.4. The third kappa shape index (κ3) is 3.43. The van der Waals surface area contributed by atoms with Crippen LogP contribution in [0.25, 0.3) is 22.6 Å². The zero-order valence-electron chi connectivity index (χ0n) is 13.9. The number of halogens is 1. The molecule has 0 fully saturated rings. The van der Waals surface area contributed by atoms with E-state index in [4.69, 9.17) is 4.42 Å². The number of fused-ring (bicyclic) bond motifs is 1. The molecule has 6 nitrogen and oxygen atoms in total. The number of nitrogens with zero attached hydrogens (tertiary/aromatic N) is 3. The van der Waals surface area contributed by atoms with E-state index in [2.05, 4.69) is 9.98 Å². The van der Waals surface area contributed by atoms with Crippen LogP contribution in [0, 0.1) is 15.9 Å². The van der Waals surface area contributed by atoms with Crippen molar-refractivity contribution in [3.05, 3.63) is 88.2 Å². The number of oxazole rings is 1. The molecule has 0 N–H and O–H groups in total. The van der Waals surface area contributed by atoms with E-state index >= 15 is 0 Å². The van der Waals surface area contributed by atoms with Crippen LogP contribution in [0.2, 0.25) is 0 Å². The number of aromatic nitrogens is 1. The van der Waals surface area contributed by atoms with Gasteiger partial charge in [0.05, 0.1) is 16.2 Å². The van der Waals surface area contributed by atoms with Gasteiger partial charge in [-0.15, -0.1) is 0 Å². The summed E-state index contributed by atoms with van der Waals surface area (Å²) in [6.07, 6.45) is 1.44. The van der Waals surface area contributed by atoms with Crippen LogP contribution in [0.3, 0.4) is 0 Å². The monoisotopic (exact) mass is 361 g/mol. The van der Waals surface area contributed by atoms with Crippen molar-refractivity contribution in [1.29, 1.82) is 0 Å². The summed E-state index contributed by atoms with van der Waals surface area (Å²) in [6, 6.07) is 17.5. The molecule has 1 heterocycles. The van der Waals surface area contributed by atoms with Gasteiger partial charge < -0.3 is 4.42 Å². The first-order chi connectivity index (χ1) is 13.1. The molecule has 7 heteroatoms. The Morgan fingerprint density at radius 1 is 1.07 bits per heavy atom. The molecule has 0 unspecified atom stereocenters. The largest absolute Gasteiger partial charge is 0.436 e. The third-order valence-electron chi connectivity index (χ3n) is 3.93. The lowest BCUT2D eigenvalue weighted by molar-refractivity contribution is -0.385. The van der Waals surface area contributed by atoms with Crippen LogP contribution < -0.4 is 0 Å². The minimum Gasteiger partial charge on any atom is -0.436 e. The number of nitro groups is 1. The van der Waals surface area contributed by atoms with Gasteiger partial charge in [-0.3, -0.25) is 15.1 Å². The first kappa shape index (κ1) is 16.6. The molecule has 3 aromatic carbocycles. The van der Waals surface area contributed by atoms with E-state index in [1.54, 1.807) is 48.5 Å². The molecule has 132 valence electrons. The molecule has 0 saturated carbocycles. The lowest BCUT2D eigenvalue weighted by Gasteiger charge is -1.96. The first-order valence-corrected chi connectivity index (χ1v) is 8.04. The summed E-state index contributed by atoms with van der Waals surface area (Å²) in [6.45, 7) is 0. The van der Waals surface area contributed by atoms with E-state index in [-0.39, 0.29) is 11.5 Å². The smallest absolute Gasteiger partial charge is 0.278 e. The SMILES string of the molecule is O=[N+]([O-])c1ccccc1C=Nc1ccc2oc(-c3cccc(F)c3)nc2c1. The summed E-state index contributed by atoms with van der Waals surface area (Å²) in [7, 11) is 0. The summed E-state index contributed by atoms with van der Waals surface area (Å²) >= 11 is 0. The van der Waals surface area contributed by atoms with Gasteiger partial charge in [0.1, 0.15) is 11.3 Å². The summed E-state index contributed by atoms with van der Waals surface area (Å²) in [5.74, 6) is -0.0613. The fourth-order valence-corrected chi connectivity index (χ4v) is 2.65. The number of aliphatic imine (C=N–C) groups is 1. The van der Waals surface area contributed by atoms with E-state index < -0.39 is 4.92 Å². The van der Waals surface area contributed by atoms with Crippen LogP contribution in [0.5, 0.6) is 0 Å². The van der Waals surface area contributed by atoms with E-state index in [0.29, 0.717) is 33.8 Å². The Morgan fingerprint density at radius 2 is 1.93 bits per heavy atom. The average molecular weight is 361 g/mol. The Hall–Kier alpha value is -3.87. The van der Waals surface area contributed by atoms with Crippen molar-refractivity contribution in [3.63, 3.8) is 0 Å². The van der Waals surface area contributed by atoms with Crippen molar-refractivity contribution in [1.82, 2.24) is 4.98 Å². The molecule has 4 rings (SSSR count). The van der Waals surface area contributed by atoms with Gasteiger partial charge in [0, 0.05) is 17.8 Å². The molecular weight excluding hydrogens is 349 g/mol. The molecule has 0 bridgehead atoms. The van der Waals surface area contributed by atoms with Crippen molar-refractivity contribution in [2.24, 2.45) is 4.99 Å². The molecule has 0 saturated heterocycles. The zero-order valence-corrected chi connectivity index (χ0v) is 13.9. The van der Waals surface area contributed by atoms with Crippen LogP contribution in [0.15, 0.2) is 76.1 Å². The van der Waals surface area contributed by atoms with Crippen LogP contribution in [0.1, 0.15) is 5.56 Å². The number of para-hydroxylation sites is 1. The topological polar surface area (TPSA) is 81.5 Å². The van der Waals surface area contributed by atoms with Gasteiger partial charge in [-0.2, -0.15) is 0 Å². The van der Waals surface area contributed by atoms with Crippen molar-refractivity contribution >= 4 is 28.7 Å². The summed E-state index contributed by atoms with van der Waals surface area (Å²) in [5, 5.41) is 11.1. The van der Waals surface area contributed by atoms with Gasteiger partial charge in [-0.1, -0.05) is 18.2 Å². The van der Waals surface area contributed by atoms with Crippen molar-refractivity contribution < 1.29 is 13.7 Å². The predicted octanol–water partition coefficient (Wildman–Crippen LogP) is 5.29. The highest BCUT2D eigenvalue weighted by Gasteiger charge is 2.11. The van der Waals surface area contributed by atoms with Crippen LogP contribution in [-0.4, -0.2) is 16.1 Å². The van der Waals surface area contributed by atoms with Gasteiger partial charge in [0.25, 0.3) is 5.69 Å². The van der Waals surface area contributed by atoms with Crippen LogP contribution in [0.4, 0.5) is 15.8 Å². The van der Waals surface area contributed by atoms with Crippen molar-refractivity contribution in [2.75, 3.05) is 0 Å². The highest BCUT2D eigenvalue weighted by Crippen LogP contribution is 2.27. The summed E-state index contributed by atoms with van der Waals surface area (Å²) in [4.78, 5) is 19.3. The molecule has 1 aromatic heterocycles. The number of benzene rings is 3. The summed E-state index contributed by atoms with van der Waals surface area (Å²) in [5.41, 5.74) is 2.60. The quantitative estimate of drug-likeness (QED) is 0.281. The maximum absolute atomic E-state index is 13.4. The molecule has 4 aromatic rings. The number of nitro benzene ring substituents is 1. The lowest BCUT2D eigenvalue weighted by Crippen LogP contribution is -1.93. The second kappa shape index (κ2) is 6.80. The third-order valence-corrected chi connectivity index (χ3v) is 3.93. The second-order valence-corrected chi connectivity index (χ2v) is 5.76. The second-order valence-electron chi connectivity index (χ2n) is 5.76. The molecule has 0 atom stereocenters. The molecule has 0 aliphatic heterocycles. The molecule has 0 aliphatic rings. The molecule has 0 aliphatic carbocycles. The van der Waals surface area contributed by atoms with Gasteiger partial charge in [-0.05, 0) is 42.5 Å². The average Bonchev–Trinajstić information content (AvgIpc) is 3.10. The first-order valence-electron chi connectivity index (χ1n) is 8.04. The Bertz CT molecular complexity index is 1180. The molecule has 0 radical (unpaired) electrons. The van der Waals surface area contributed by atoms with Crippen LogP contribution >= 0.6 is 0 Å². The number of hydrogen-bond donors (Lipinski definition) is 0. The lowest BCUT2D eigenvalue weighted by atomic mass is 10.2. The predicted molar refractivity (Wildman–Crippen MR) is 99.8 cm³/mol. The van der Waals surface area contributed by atoms with E-state index in [1.165, 1.54) is 24.4 Å². The fourth-order valence-electron chi connectivity index (χ4n) is 2.65. The zero-order chi connectivity index (χ0) is 18.8. The highest BCUT2D eigenvalue weighted by atomic mass is 19.1. The van der Waals surface area contributed by atoms with Crippen LogP contribution in [-0.2, 0) is 0 Å². The normalized spacial score (nSPS) is 11.3. The fraction of sp³-hybridized carbons (Fsp3) is 0. The Morgan fingerprint density at radius 3 is 2.74 bits per heavy atom. The Labute approximate surface area is 152 Å². The van der Waals surface area contributed by atoms with Gasteiger partial charge in [0.2, 0.25) is 5.89 Å². The number of rotatable bonds is 4. The van der Waals surface area contributed by atoms with E-state index in [0.717, 1.165) is 0 Å². The van der Waals surface area contributed by atoms with Gasteiger partial charge in [0.15, 0.2) is 5.58 Å². The van der Waals surface area contributed by atoms with Crippen molar-refractivity contribution in [2.45, 2.75) is 0 Å². The minimum absolute atomic E-state index is 0.0165. The van der Waals surface area contributed by atoms with Gasteiger partial charge in [-0.25, -0.2) is 9.37 Å². The standard InChI is InChI=1S/C20H12FN3O3/c21-15-6-3-5-13(10-15)20-23-17-11-16(8-9-19(17)27-20)22-12-14-4-1-2-7-18(14)24(25)26/h1-12H. The Kier molecular flexibility index (Phi) is 4.18. The molecule has 27 heavy (non-hydrogen) atoms. The number of hydrogen-bond acceptors (Lipinski definition) is 5. The van der Waals surface area contributed by atoms with Crippen molar-refractivity contribution in [3.8, 4) is 11.5 Å². The maximum Gasteiger partial charge on any atom is 0.278 e. The summed E-state index contributed by atoms with van der Waals surface area (Å²) < 4.78 is 19.0. The molecular formula is C20H12FN3O3. The minimum atomic E-state index is -0.451. The Balaban J connectivity index is 1.67. The van der Waals surface area contributed by atoms with Gasteiger partial charge >= 0.3 is 0 Å². The van der Waals surface area contributed by atoms with E-state index in [1.807, 2.05) is 0 Å². The molecule has 0 spiro atoms. The molecule has 0 amide bonds. The van der Waals surface area contributed by atoms with E-state index in [9.17, 15) is 14.5 Å².